The molecule has 2 N–H and O–H groups in total. The summed E-state index contributed by atoms with van der Waals surface area (Å²) in [5.41, 5.74) is 6.17. The SMILES string of the molecule is CC(C)=CC1C(C(=O)NNC(=O)C2CCCO2)C1(C)C. The van der Waals surface area contributed by atoms with Crippen molar-refractivity contribution in [3.63, 3.8) is 0 Å². The van der Waals surface area contributed by atoms with Gasteiger partial charge in [0.2, 0.25) is 5.91 Å². The Labute approximate surface area is 120 Å². The van der Waals surface area contributed by atoms with Gasteiger partial charge in [0.15, 0.2) is 0 Å². The predicted molar refractivity (Wildman–Crippen MR) is 75.5 cm³/mol. The van der Waals surface area contributed by atoms with Gasteiger partial charge in [0.05, 0.1) is 5.92 Å². The van der Waals surface area contributed by atoms with Gasteiger partial charge in [0, 0.05) is 6.61 Å². The fraction of sp³-hybridized carbons (Fsp3) is 0.733. The minimum atomic E-state index is -0.420. The number of carbonyl (C=O) groups is 2. The molecule has 2 aliphatic rings. The highest BCUT2D eigenvalue weighted by Crippen LogP contribution is 2.59. The van der Waals surface area contributed by atoms with Crippen molar-refractivity contribution >= 4 is 11.8 Å². The van der Waals surface area contributed by atoms with Crippen LogP contribution in [0.1, 0.15) is 40.5 Å². The summed E-state index contributed by atoms with van der Waals surface area (Å²) in [6, 6.07) is 0. The lowest BCUT2D eigenvalue weighted by Crippen LogP contribution is -2.47. The molecule has 2 rings (SSSR count). The van der Waals surface area contributed by atoms with Crippen molar-refractivity contribution in [1.29, 1.82) is 0 Å². The summed E-state index contributed by atoms with van der Waals surface area (Å²) in [5, 5.41) is 0. The molecule has 2 fully saturated rings. The second kappa shape index (κ2) is 5.56. The van der Waals surface area contributed by atoms with Gasteiger partial charge < -0.3 is 4.74 Å². The van der Waals surface area contributed by atoms with Crippen LogP contribution in [0.2, 0.25) is 0 Å². The van der Waals surface area contributed by atoms with Crippen molar-refractivity contribution in [2.45, 2.75) is 46.6 Å². The van der Waals surface area contributed by atoms with Gasteiger partial charge in [-0.2, -0.15) is 0 Å². The lowest BCUT2D eigenvalue weighted by Gasteiger charge is -2.11. The topological polar surface area (TPSA) is 67.4 Å². The van der Waals surface area contributed by atoms with Crippen LogP contribution in [0.25, 0.3) is 0 Å². The quantitative estimate of drug-likeness (QED) is 0.609. The molecule has 5 nitrogen and oxygen atoms in total. The van der Waals surface area contributed by atoms with Crippen molar-refractivity contribution in [2.24, 2.45) is 17.3 Å². The molecule has 1 aliphatic heterocycles. The van der Waals surface area contributed by atoms with Crippen LogP contribution in [-0.4, -0.2) is 24.5 Å². The van der Waals surface area contributed by atoms with Crippen molar-refractivity contribution in [3.8, 4) is 0 Å². The van der Waals surface area contributed by atoms with Crippen LogP contribution in [0.3, 0.4) is 0 Å². The van der Waals surface area contributed by atoms with Gasteiger partial charge in [0.1, 0.15) is 6.10 Å². The molecule has 112 valence electrons. The Kier molecular flexibility index (Phi) is 4.18. The fourth-order valence-electron chi connectivity index (χ4n) is 2.91. The number of allylic oxidation sites excluding steroid dienone is 2. The first-order valence-electron chi connectivity index (χ1n) is 7.20. The molecule has 1 saturated carbocycles. The van der Waals surface area contributed by atoms with E-state index in [1.807, 2.05) is 13.8 Å². The summed E-state index contributed by atoms with van der Waals surface area (Å²) in [6.07, 6.45) is 3.32. The van der Waals surface area contributed by atoms with Crippen molar-refractivity contribution in [3.05, 3.63) is 11.6 Å². The number of amides is 2. The Hall–Kier alpha value is -1.36. The Morgan fingerprint density at radius 1 is 1.20 bits per heavy atom. The molecule has 0 aromatic heterocycles. The molecule has 3 unspecified atom stereocenters. The summed E-state index contributed by atoms with van der Waals surface area (Å²) < 4.78 is 5.26. The third-order valence-corrected chi connectivity index (χ3v) is 4.24. The minimum Gasteiger partial charge on any atom is -0.368 e. The highest BCUT2D eigenvalue weighted by Gasteiger charge is 2.60. The van der Waals surface area contributed by atoms with E-state index in [0.29, 0.717) is 6.61 Å². The van der Waals surface area contributed by atoms with Crippen molar-refractivity contribution in [2.75, 3.05) is 6.61 Å². The van der Waals surface area contributed by atoms with E-state index >= 15 is 0 Å². The van der Waals surface area contributed by atoms with Crippen LogP contribution in [0.15, 0.2) is 11.6 Å². The van der Waals surface area contributed by atoms with Gasteiger partial charge in [-0.1, -0.05) is 25.5 Å². The smallest absolute Gasteiger partial charge is 0.267 e. The molecule has 2 amide bonds. The number of hydrogen-bond acceptors (Lipinski definition) is 3. The van der Waals surface area contributed by atoms with E-state index in [-0.39, 0.29) is 29.1 Å². The maximum Gasteiger partial charge on any atom is 0.267 e. The lowest BCUT2D eigenvalue weighted by molar-refractivity contribution is -0.135. The molecule has 1 aliphatic carbocycles. The van der Waals surface area contributed by atoms with Gasteiger partial charge in [-0.15, -0.1) is 0 Å². The molecule has 0 radical (unpaired) electrons. The first-order valence-corrected chi connectivity index (χ1v) is 7.20. The summed E-state index contributed by atoms with van der Waals surface area (Å²) >= 11 is 0. The van der Waals surface area contributed by atoms with Gasteiger partial charge in [-0.25, -0.2) is 0 Å². The average Bonchev–Trinajstić information content (AvgIpc) is 2.79. The third-order valence-electron chi connectivity index (χ3n) is 4.24. The normalized spacial score (nSPS) is 30.5. The maximum absolute atomic E-state index is 12.1. The van der Waals surface area contributed by atoms with E-state index < -0.39 is 6.10 Å². The van der Waals surface area contributed by atoms with E-state index in [2.05, 4.69) is 30.8 Å². The van der Waals surface area contributed by atoms with E-state index in [4.69, 9.17) is 4.74 Å². The minimum absolute atomic E-state index is 0.0457. The van der Waals surface area contributed by atoms with E-state index in [1.165, 1.54) is 5.57 Å². The third kappa shape index (κ3) is 3.03. The maximum atomic E-state index is 12.1. The highest BCUT2D eigenvalue weighted by atomic mass is 16.5. The van der Waals surface area contributed by atoms with Crippen molar-refractivity contribution in [1.82, 2.24) is 10.9 Å². The molecule has 3 atom stereocenters. The molecule has 0 spiro atoms. The highest BCUT2D eigenvalue weighted by molar-refractivity contribution is 5.88. The average molecular weight is 280 g/mol. The van der Waals surface area contributed by atoms with Crippen LogP contribution in [0.4, 0.5) is 0 Å². The van der Waals surface area contributed by atoms with E-state index in [0.717, 1.165) is 12.8 Å². The monoisotopic (exact) mass is 280 g/mol. The van der Waals surface area contributed by atoms with E-state index in [1.54, 1.807) is 0 Å². The summed E-state index contributed by atoms with van der Waals surface area (Å²) in [7, 11) is 0. The van der Waals surface area contributed by atoms with Crippen LogP contribution in [-0.2, 0) is 14.3 Å². The van der Waals surface area contributed by atoms with E-state index in [9.17, 15) is 9.59 Å². The zero-order valence-electron chi connectivity index (χ0n) is 12.7. The summed E-state index contributed by atoms with van der Waals surface area (Å²) in [5.74, 6) is -0.216. The van der Waals surface area contributed by atoms with Crippen LogP contribution < -0.4 is 10.9 Å². The van der Waals surface area contributed by atoms with Gasteiger partial charge in [-0.3, -0.25) is 20.4 Å². The largest absolute Gasteiger partial charge is 0.368 e. The lowest BCUT2D eigenvalue weighted by atomic mass is 10.1. The predicted octanol–water partition coefficient (Wildman–Crippen LogP) is 1.55. The Morgan fingerprint density at radius 3 is 2.40 bits per heavy atom. The second-order valence-electron chi connectivity index (χ2n) is 6.55. The molecular formula is C15H24N2O3. The molecule has 0 aromatic rings. The Morgan fingerprint density at radius 2 is 1.85 bits per heavy atom. The van der Waals surface area contributed by atoms with Gasteiger partial charge in [-0.05, 0) is 38.0 Å². The molecular weight excluding hydrogens is 256 g/mol. The molecule has 0 bridgehead atoms. The molecule has 0 aromatic carbocycles. The van der Waals surface area contributed by atoms with Crippen molar-refractivity contribution < 1.29 is 14.3 Å². The zero-order chi connectivity index (χ0) is 14.9. The summed E-state index contributed by atoms with van der Waals surface area (Å²) in [4.78, 5) is 23.9. The van der Waals surface area contributed by atoms with Crippen LogP contribution in [0, 0.1) is 17.3 Å². The molecule has 1 saturated heterocycles. The second-order valence-corrected chi connectivity index (χ2v) is 6.55. The number of hydrogen-bond donors (Lipinski definition) is 2. The standard InChI is InChI=1S/C15H24N2O3/c1-9(2)8-10-12(15(10,3)4)14(19)17-16-13(18)11-6-5-7-20-11/h8,10-12H,5-7H2,1-4H3,(H,16,18)(H,17,19). The first-order chi connectivity index (χ1) is 9.34. The Balaban J connectivity index is 1.83. The number of rotatable bonds is 3. The number of ether oxygens (including phenoxy) is 1. The Bertz CT molecular complexity index is 432. The van der Waals surface area contributed by atoms with Gasteiger partial charge >= 0.3 is 0 Å². The summed E-state index contributed by atoms with van der Waals surface area (Å²) in [6.45, 7) is 8.82. The molecule has 20 heavy (non-hydrogen) atoms. The zero-order valence-corrected chi connectivity index (χ0v) is 12.7. The fourth-order valence-corrected chi connectivity index (χ4v) is 2.91. The molecule has 1 heterocycles. The first kappa shape index (κ1) is 15.0. The number of hydrazine groups is 1. The van der Waals surface area contributed by atoms with Gasteiger partial charge in [0.25, 0.3) is 5.91 Å². The van der Waals surface area contributed by atoms with Crippen LogP contribution >= 0.6 is 0 Å². The van der Waals surface area contributed by atoms with Crippen LogP contribution in [0.5, 0.6) is 0 Å². The number of nitrogens with one attached hydrogen (secondary N) is 2. The number of carbonyl (C=O) groups excluding carboxylic acids is 2. The molecule has 5 heteroatoms.